The summed E-state index contributed by atoms with van der Waals surface area (Å²) in [4.78, 5) is 8.36. The molecule has 0 aliphatic carbocycles. The summed E-state index contributed by atoms with van der Waals surface area (Å²) < 4.78 is 0. The van der Waals surface area contributed by atoms with Crippen molar-refractivity contribution in [1.29, 1.82) is 0 Å². The average molecular weight is 125 g/mol. The summed E-state index contributed by atoms with van der Waals surface area (Å²) in [7, 11) is 0. The number of thioether (sulfide) groups is 1. The van der Waals surface area contributed by atoms with Crippen molar-refractivity contribution in [2.45, 2.75) is 0 Å². The first kappa shape index (κ1) is 9.75. The van der Waals surface area contributed by atoms with Crippen LogP contribution in [0.3, 0.4) is 0 Å². The van der Waals surface area contributed by atoms with Crippen LogP contribution in [0, 0.1) is 10.1 Å². The molecule has 0 spiro atoms. The highest BCUT2D eigenvalue weighted by atomic mass is 32.2. The van der Waals surface area contributed by atoms with E-state index in [2.05, 4.69) is 0 Å². The van der Waals surface area contributed by atoms with Crippen LogP contribution >= 0.6 is 11.8 Å². The summed E-state index contributed by atoms with van der Waals surface area (Å²) in [5.41, 5.74) is 0. The van der Waals surface area contributed by atoms with E-state index in [9.17, 15) is 0 Å². The van der Waals surface area contributed by atoms with Gasteiger partial charge in [-0.25, -0.2) is 0 Å². The Labute approximate surface area is 45.6 Å². The molecule has 44 valence electrons. The van der Waals surface area contributed by atoms with E-state index >= 15 is 0 Å². The second-order valence-electron chi connectivity index (χ2n) is 0.646. The first-order valence-electron chi connectivity index (χ1n) is 1.38. The number of rotatable bonds is 0. The van der Waals surface area contributed by atoms with Crippen LogP contribution in [-0.2, 0) is 0 Å². The molecule has 0 saturated heterocycles. The van der Waals surface area contributed by atoms with Crippen LogP contribution in [0.1, 0.15) is 0 Å². The molecule has 4 nitrogen and oxygen atoms in total. The Balaban J connectivity index is 0. The fourth-order valence-electron chi connectivity index (χ4n) is 0. The summed E-state index contributed by atoms with van der Waals surface area (Å²) in [6, 6.07) is 0. The molecule has 0 aromatic rings. The van der Waals surface area contributed by atoms with Gasteiger partial charge >= 0.3 is 0 Å². The van der Waals surface area contributed by atoms with Crippen molar-refractivity contribution < 1.29 is 10.3 Å². The summed E-state index contributed by atoms with van der Waals surface area (Å²) in [6.45, 7) is 0. The van der Waals surface area contributed by atoms with Gasteiger partial charge in [-0.05, 0) is 12.5 Å². The Morgan fingerprint density at radius 3 is 1.71 bits per heavy atom. The van der Waals surface area contributed by atoms with Crippen LogP contribution in [0.2, 0.25) is 0 Å². The highest BCUT2D eigenvalue weighted by Crippen LogP contribution is 1.70. The van der Waals surface area contributed by atoms with Crippen molar-refractivity contribution >= 4 is 11.8 Å². The molecule has 0 radical (unpaired) electrons. The van der Waals surface area contributed by atoms with Crippen molar-refractivity contribution in [3.05, 3.63) is 10.1 Å². The minimum absolute atomic E-state index is 1.50. The average Bonchev–Trinajstić information content (AvgIpc) is 1.33. The summed E-state index contributed by atoms with van der Waals surface area (Å²) in [6.07, 6.45) is 4.08. The molecule has 0 aromatic carbocycles. The summed E-state index contributed by atoms with van der Waals surface area (Å²) >= 11 is 1.75. The smallest absolute Gasteiger partial charge is 0.291 e. The molecule has 0 aromatic heterocycles. The number of hydrogen-bond acceptors (Lipinski definition) is 3. The predicted octanol–water partition coefficient (Wildman–Crippen LogP) is 0.631. The monoisotopic (exact) mass is 125 g/mol. The third kappa shape index (κ3) is 345. The van der Waals surface area contributed by atoms with Gasteiger partial charge in [-0.1, -0.05) is 0 Å². The van der Waals surface area contributed by atoms with E-state index in [0.717, 1.165) is 0 Å². The number of hydrogen-bond donors (Lipinski definition) is 1. The molecule has 0 saturated carbocycles. The molecule has 0 atom stereocenters. The fourth-order valence-corrected chi connectivity index (χ4v) is 0. The van der Waals surface area contributed by atoms with E-state index in [4.69, 9.17) is 15.3 Å². The minimum atomic E-state index is -1.50. The molecule has 0 aliphatic heterocycles. The molecule has 7 heavy (non-hydrogen) atoms. The van der Waals surface area contributed by atoms with E-state index in [1.165, 1.54) is 0 Å². The standard InChI is InChI=1S/C2H6S.HNO3/c1-3-2;2-1(3)4/h1-2H3;(H,2,3,4). The maximum Gasteiger partial charge on any atom is 0.291 e. The Kier molecular flexibility index (Phi) is 12.7. The van der Waals surface area contributed by atoms with Crippen molar-refractivity contribution in [3.8, 4) is 0 Å². The first-order valence-corrected chi connectivity index (χ1v) is 3.01. The van der Waals surface area contributed by atoms with Gasteiger partial charge in [-0.2, -0.15) is 11.8 Å². The zero-order valence-corrected chi connectivity index (χ0v) is 4.94. The van der Waals surface area contributed by atoms with Gasteiger partial charge in [-0.15, -0.1) is 10.1 Å². The van der Waals surface area contributed by atoms with Crippen LogP contribution in [-0.4, -0.2) is 22.8 Å². The highest BCUT2D eigenvalue weighted by Gasteiger charge is 1.65. The van der Waals surface area contributed by atoms with Gasteiger partial charge in [0.15, 0.2) is 0 Å². The lowest BCUT2D eigenvalue weighted by molar-refractivity contribution is -0.742. The molecule has 0 unspecified atom stereocenters. The van der Waals surface area contributed by atoms with Gasteiger partial charge in [-0.3, -0.25) is 0 Å². The highest BCUT2D eigenvalue weighted by molar-refractivity contribution is 7.97. The zero-order chi connectivity index (χ0) is 6.28. The molecule has 0 bridgehead atoms. The van der Waals surface area contributed by atoms with Gasteiger partial charge < -0.3 is 5.21 Å². The molecule has 0 heterocycles. The Morgan fingerprint density at radius 2 is 1.71 bits per heavy atom. The van der Waals surface area contributed by atoms with E-state index in [1.807, 2.05) is 12.5 Å². The molecular formula is C2H7NO3S. The zero-order valence-electron chi connectivity index (χ0n) is 4.12. The van der Waals surface area contributed by atoms with Gasteiger partial charge in [0.05, 0.1) is 0 Å². The van der Waals surface area contributed by atoms with E-state index in [-0.39, 0.29) is 0 Å². The van der Waals surface area contributed by atoms with Crippen LogP contribution in [0.15, 0.2) is 0 Å². The maximum atomic E-state index is 8.36. The van der Waals surface area contributed by atoms with Crippen LogP contribution in [0.5, 0.6) is 0 Å². The van der Waals surface area contributed by atoms with Crippen molar-refractivity contribution in [2.24, 2.45) is 0 Å². The molecule has 0 amide bonds. The lowest BCUT2D eigenvalue weighted by Crippen LogP contribution is -1.81. The lowest BCUT2D eigenvalue weighted by Gasteiger charge is -1.56. The van der Waals surface area contributed by atoms with Gasteiger partial charge in [0.25, 0.3) is 5.09 Å². The third-order valence-electron chi connectivity index (χ3n) is 0. The fraction of sp³-hybridized carbons (Fsp3) is 1.00. The van der Waals surface area contributed by atoms with Gasteiger partial charge in [0.2, 0.25) is 0 Å². The van der Waals surface area contributed by atoms with Gasteiger partial charge in [0.1, 0.15) is 0 Å². The minimum Gasteiger partial charge on any atom is -0.328 e. The molecule has 0 rings (SSSR count). The largest absolute Gasteiger partial charge is 0.328 e. The van der Waals surface area contributed by atoms with Gasteiger partial charge in [0, 0.05) is 0 Å². The summed E-state index contributed by atoms with van der Waals surface area (Å²) in [5, 5.41) is 13.6. The molecule has 5 heteroatoms. The Morgan fingerprint density at radius 1 is 1.71 bits per heavy atom. The van der Waals surface area contributed by atoms with E-state index < -0.39 is 5.09 Å². The molecule has 1 N–H and O–H groups in total. The Bertz CT molecular complexity index is 44.2. The lowest BCUT2D eigenvalue weighted by atomic mass is 11.9. The van der Waals surface area contributed by atoms with E-state index in [1.54, 1.807) is 11.8 Å². The quantitative estimate of drug-likeness (QED) is 0.381. The van der Waals surface area contributed by atoms with E-state index in [0.29, 0.717) is 0 Å². The topological polar surface area (TPSA) is 63.4 Å². The predicted molar refractivity (Wildman–Crippen MR) is 28.2 cm³/mol. The molecule has 0 aliphatic rings. The summed E-state index contributed by atoms with van der Waals surface area (Å²) in [5.74, 6) is 0. The number of nitrogens with zero attached hydrogens (tertiary/aromatic N) is 1. The van der Waals surface area contributed by atoms with Crippen molar-refractivity contribution in [3.63, 3.8) is 0 Å². The maximum absolute atomic E-state index is 8.36. The second kappa shape index (κ2) is 9.12. The van der Waals surface area contributed by atoms with Crippen molar-refractivity contribution in [2.75, 3.05) is 12.5 Å². The SMILES string of the molecule is CSC.O=[N+]([O-])O. The second-order valence-corrected chi connectivity index (χ2v) is 1.46. The third-order valence-corrected chi connectivity index (χ3v) is 0. The normalized spacial score (nSPS) is 6.00. The van der Waals surface area contributed by atoms with Crippen LogP contribution < -0.4 is 0 Å². The van der Waals surface area contributed by atoms with Crippen LogP contribution in [0.4, 0.5) is 0 Å². The molecule has 0 fully saturated rings. The van der Waals surface area contributed by atoms with Crippen LogP contribution in [0.25, 0.3) is 0 Å². The first-order chi connectivity index (χ1) is 3.15. The molecular weight excluding hydrogens is 118 g/mol. The van der Waals surface area contributed by atoms with Crippen molar-refractivity contribution in [1.82, 2.24) is 0 Å². The Hall–Kier alpha value is -0.450.